The van der Waals surface area contributed by atoms with Crippen LogP contribution in [0.1, 0.15) is 11.1 Å². The molecule has 0 amide bonds. The number of alkyl halides is 3. The van der Waals surface area contributed by atoms with Gasteiger partial charge in [0.05, 0.1) is 28.9 Å². The molecule has 0 saturated heterocycles. The number of nitrogens with zero attached hydrogens (tertiary/aromatic N) is 4. The van der Waals surface area contributed by atoms with Crippen LogP contribution in [0, 0.1) is 11.3 Å². The van der Waals surface area contributed by atoms with Crippen molar-refractivity contribution in [3.8, 4) is 11.8 Å². The first-order chi connectivity index (χ1) is 14.4. The average Bonchev–Trinajstić information content (AvgIpc) is 3.11. The zero-order valence-electron chi connectivity index (χ0n) is 15.7. The van der Waals surface area contributed by atoms with Crippen LogP contribution in [0.5, 0.6) is 0 Å². The third kappa shape index (κ3) is 3.63. The molecule has 9 heteroatoms. The number of pyridine rings is 1. The molecule has 30 heavy (non-hydrogen) atoms. The highest BCUT2D eigenvalue weighted by atomic mass is 19.4. The van der Waals surface area contributed by atoms with Crippen LogP contribution >= 0.6 is 0 Å². The summed E-state index contributed by atoms with van der Waals surface area (Å²) in [4.78, 5) is 8.74. The van der Waals surface area contributed by atoms with Gasteiger partial charge in [-0.1, -0.05) is 6.07 Å². The number of anilines is 3. The molecule has 2 aromatic heterocycles. The van der Waals surface area contributed by atoms with Crippen LogP contribution in [0.4, 0.5) is 30.6 Å². The van der Waals surface area contributed by atoms with Crippen LogP contribution in [0.2, 0.25) is 0 Å². The molecule has 150 valence electrons. The van der Waals surface area contributed by atoms with Gasteiger partial charge in [-0.15, -0.1) is 0 Å². The predicted octanol–water partition coefficient (Wildman–Crippen LogP) is 5.10. The van der Waals surface area contributed by atoms with E-state index in [1.54, 1.807) is 54.2 Å². The summed E-state index contributed by atoms with van der Waals surface area (Å²) in [6.45, 7) is 0. The average molecular weight is 408 g/mol. The molecule has 4 rings (SSSR count). The van der Waals surface area contributed by atoms with Crippen molar-refractivity contribution < 1.29 is 13.2 Å². The van der Waals surface area contributed by atoms with Gasteiger partial charge in [-0.05, 0) is 42.5 Å². The molecule has 0 atom stereocenters. The summed E-state index contributed by atoms with van der Waals surface area (Å²) in [5.74, 6) is 0.879. The Morgan fingerprint density at radius 1 is 1.07 bits per heavy atom. The monoisotopic (exact) mass is 408 g/mol. The topological polar surface area (TPSA) is 78.6 Å². The molecule has 0 unspecified atom stereocenters. The number of halogens is 3. The molecule has 2 heterocycles. The molecule has 0 radical (unpaired) electrons. The van der Waals surface area contributed by atoms with Gasteiger partial charge in [0.2, 0.25) is 5.95 Å². The zero-order valence-corrected chi connectivity index (χ0v) is 15.7. The van der Waals surface area contributed by atoms with Gasteiger partial charge in [0, 0.05) is 24.5 Å². The Kier molecular flexibility index (Phi) is 4.75. The Hall–Kier alpha value is -4.06. The second-order valence-corrected chi connectivity index (χ2v) is 6.44. The molecule has 0 aliphatic carbocycles. The van der Waals surface area contributed by atoms with Crippen LogP contribution in [0.25, 0.3) is 16.7 Å². The van der Waals surface area contributed by atoms with Crippen molar-refractivity contribution in [2.45, 2.75) is 6.18 Å². The Labute approximate surface area is 169 Å². The van der Waals surface area contributed by atoms with Crippen LogP contribution < -0.4 is 10.6 Å². The highest BCUT2D eigenvalue weighted by molar-refractivity contribution is 5.83. The quantitative estimate of drug-likeness (QED) is 0.491. The lowest BCUT2D eigenvalue weighted by molar-refractivity contribution is -0.137. The summed E-state index contributed by atoms with van der Waals surface area (Å²) in [5, 5.41) is 14.9. The number of hydrogen-bond acceptors (Lipinski definition) is 5. The predicted molar refractivity (Wildman–Crippen MR) is 108 cm³/mol. The third-order valence-corrected chi connectivity index (χ3v) is 4.48. The second kappa shape index (κ2) is 7.40. The molecule has 0 aliphatic heterocycles. The van der Waals surface area contributed by atoms with Gasteiger partial charge in [0.15, 0.2) is 0 Å². The summed E-state index contributed by atoms with van der Waals surface area (Å²) < 4.78 is 41.2. The van der Waals surface area contributed by atoms with Crippen LogP contribution in [0.15, 0.2) is 60.8 Å². The lowest BCUT2D eigenvalue weighted by Gasteiger charge is -2.12. The van der Waals surface area contributed by atoms with Crippen molar-refractivity contribution in [1.29, 1.82) is 5.26 Å². The number of rotatable bonds is 4. The van der Waals surface area contributed by atoms with Crippen molar-refractivity contribution in [1.82, 2.24) is 14.5 Å². The standard InChI is InChI=1S/C21H15F3N6/c1-26-20-29-17-12-27-19(28-15-7-5-13(11-25)6-8-15)10-18(17)30(20)16-4-2-3-14(9-16)21(22,23)24/h2-10,12H,1H3,(H,26,29)(H,27,28). The SMILES string of the molecule is CNc1nc2cnc(Nc3ccc(C#N)cc3)cc2n1-c1cccc(C(F)(F)F)c1. The minimum absolute atomic E-state index is 0.326. The molecule has 0 aliphatic rings. The molecule has 0 bridgehead atoms. The number of imidazole rings is 1. The summed E-state index contributed by atoms with van der Waals surface area (Å²) in [5.41, 5.74) is 1.96. The van der Waals surface area contributed by atoms with Crippen molar-refractivity contribution in [3.05, 3.63) is 71.9 Å². The van der Waals surface area contributed by atoms with Crippen LogP contribution in [0.3, 0.4) is 0 Å². The first-order valence-electron chi connectivity index (χ1n) is 8.90. The van der Waals surface area contributed by atoms with E-state index in [0.717, 1.165) is 17.8 Å². The highest BCUT2D eigenvalue weighted by Gasteiger charge is 2.30. The van der Waals surface area contributed by atoms with Gasteiger partial charge in [0.25, 0.3) is 0 Å². The molecular formula is C21H15F3N6. The van der Waals surface area contributed by atoms with Crippen LogP contribution in [-0.4, -0.2) is 21.6 Å². The molecule has 4 aromatic rings. The van der Waals surface area contributed by atoms with Gasteiger partial charge < -0.3 is 10.6 Å². The van der Waals surface area contributed by atoms with Crippen molar-refractivity contribution in [2.75, 3.05) is 17.7 Å². The molecular weight excluding hydrogens is 393 g/mol. The number of nitrogens with one attached hydrogen (secondary N) is 2. The van der Waals surface area contributed by atoms with E-state index in [4.69, 9.17) is 5.26 Å². The highest BCUT2D eigenvalue weighted by Crippen LogP contribution is 2.33. The van der Waals surface area contributed by atoms with Gasteiger partial charge in [-0.2, -0.15) is 18.4 Å². The molecule has 2 aromatic carbocycles. The fourth-order valence-electron chi connectivity index (χ4n) is 3.08. The van der Waals surface area contributed by atoms with E-state index in [-0.39, 0.29) is 0 Å². The van der Waals surface area contributed by atoms with Crippen molar-refractivity contribution in [2.24, 2.45) is 0 Å². The molecule has 2 N–H and O–H groups in total. The molecule has 0 fully saturated rings. The Balaban J connectivity index is 1.79. The minimum Gasteiger partial charge on any atom is -0.358 e. The van der Waals surface area contributed by atoms with Crippen LogP contribution in [-0.2, 0) is 6.18 Å². The Morgan fingerprint density at radius 2 is 1.83 bits per heavy atom. The summed E-state index contributed by atoms with van der Waals surface area (Å²) in [7, 11) is 1.65. The van der Waals surface area contributed by atoms with E-state index in [2.05, 4.69) is 26.7 Å². The number of benzene rings is 2. The van der Waals surface area contributed by atoms with Gasteiger partial charge in [0.1, 0.15) is 11.3 Å². The van der Waals surface area contributed by atoms with Gasteiger partial charge in [-0.3, -0.25) is 4.57 Å². The third-order valence-electron chi connectivity index (χ3n) is 4.48. The molecule has 6 nitrogen and oxygen atoms in total. The van der Waals surface area contributed by atoms with Gasteiger partial charge in [-0.25, -0.2) is 9.97 Å². The maximum Gasteiger partial charge on any atom is 0.416 e. The van der Waals surface area contributed by atoms with Crippen molar-refractivity contribution >= 4 is 28.5 Å². The molecule has 0 spiro atoms. The van der Waals surface area contributed by atoms with E-state index in [0.29, 0.717) is 34.1 Å². The smallest absolute Gasteiger partial charge is 0.358 e. The number of nitriles is 1. The maximum atomic E-state index is 13.2. The number of aromatic nitrogens is 3. The largest absolute Gasteiger partial charge is 0.416 e. The van der Waals surface area contributed by atoms with E-state index < -0.39 is 11.7 Å². The van der Waals surface area contributed by atoms with Gasteiger partial charge >= 0.3 is 6.18 Å². The summed E-state index contributed by atoms with van der Waals surface area (Å²) in [6.07, 6.45) is -2.90. The Bertz CT molecular complexity index is 1250. The summed E-state index contributed by atoms with van der Waals surface area (Å²) >= 11 is 0. The number of fused-ring (bicyclic) bond motifs is 1. The fourth-order valence-corrected chi connectivity index (χ4v) is 3.08. The van der Waals surface area contributed by atoms with E-state index in [1.807, 2.05) is 0 Å². The maximum absolute atomic E-state index is 13.2. The zero-order chi connectivity index (χ0) is 21.3. The lowest BCUT2D eigenvalue weighted by Crippen LogP contribution is -2.07. The number of hydrogen-bond donors (Lipinski definition) is 2. The lowest BCUT2D eigenvalue weighted by atomic mass is 10.2. The summed E-state index contributed by atoms with van der Waals surface area (Å²) in [6, 6.07) is 15.7. The normalized spacial score (nSPS) is 11.3. The van der Waals surface area contributed by atoms with E-state index in [1.165, 1.54) is 6.07 Å². The van der Waals surface area contributed by atoms with Crippen molar-refractivity contribution in [3.63, 3.8) is 0 Å². The first kappa shape index (κ1) is 19.3. The second-order valence-electron chi connectivity index (χ2n) is 6.44. The minimum atomic E-state index is -4.45. The molecule has 0 saturated carbocycles. The Morgan fingerprint density at radius 3 is 2.50 bits per heavy atom. The van der Waals surface area contributed by atoms with E-state index >= 15 is 0 Å². The fraction of sp³-hybridized carbons (Fsp3) is 0.0952. The first-order valence-corrected chi connectivity index (χ1v) is 8.90. The van der Waals surface area contributed by atoms with E-state index in [9.17, 15) is 13.2 Å².